The van der Waals surface area contributed by atoms with E-state index in [4.69, 9.17) is 11.6 Å². The van der Waals surface area contributed by atoms with Crippen LogP contribution in [0.25, 0.3) is 4.96 Å². The van der Waals surface area contributed by atoms with Gasteiger partial charge in [0, 0.05) is 17.6 Å². The Morgan fingerprint density at radius 1 is 1.50 bits per heavy atom. The van der Waals surface area contributed by atoms with Gasteiger partial charge in [-0.1, -0.05) is 11.6 Å². The fraction of sp³-hybridized carbons (Fsp3) is 0.583. The Bertz CT molecular complexity index is 517. The molecular formula is C12H19ClN4S. The summed E-state index contributed by atoms with van der Waals surface area (Å²) in [6.45, 7) is 4.94. The Kier molecular flexibility index (Phi) is 4.61. The molecule has 0 radical (unpaired) electrons. The van der Waals surface area contributed by atoms with Crippen LogP contribution in [-0.4, -0.2) is 41.5 Å². The summed E-state index contributed by atoms with van der Waals surface area (Å²) in [4.78, 5) is 7.52. The summed E-state index contributed by atoms with van der Waals surface area (Å²) in [6.07, 6.45) is 1.13. The zero-order chi connectivity index (χ0) is 13.1. The van der Waals surface area contributed by atoms with Crippen LogP contribution in [0.5, 0.6) is 0 Å². The summed E-state index contributed by atoms with van der Waals surface area (Å²) in [5, 5.41) is 6.15. The lowest BCUT2D eigenvalue weighted by Gasteiger charge is -2.09. The number of halogens is 1. The molecule has 0 fully saturated rings. The molecule has 0 spiro atoms. The van der Waals surface area contributed by atoms with Crippen molar-refractivity contribution in [3.8, 4) is 0 Å². The second-order valence-corrected chi connectivity index (χ2v) is 5.87. The number of hydrogen-bond donors (Lipinski definition) is 1. The van der Waals surface area contributed by atoms with E-state index in [1.807, 2.05) is 0 Å². The van der Waals surface area contributed by atoms with Crippen molar-refractivity contribution in [2.24, 2.45) is 0 Å². The Balaban J connectivity index is 1.94. The predicted octanol–water partition coefficient (Wildman–Crippen LogP) is 2.40. The van der Waals surface area contributed by atoms with Gasteiger partial charge in [0.1, 0.15) is 0 Å². The van der Waals surface area contributed by atoms with Crippen LogP contribution in [0.4, 0.5) is 0 Å². The van der Waals surface area contributed by atoms with E-state index in [-0.39, 0.29) is 0 Å². The van der Waals surface area contributed by atoms with Gasteiger partial charge in [0.05, 0.1) is 5.69 Å². The number of nitrogens with zero attached hydrogens (tertiary/aromatic N) is 3. The maximum absolute atomic E-state index is 6.17. The number of aromatic nitrogens is 2. The number of thiazole rings is 1. The van der Waals surface area contributed by atoms with Gasteiger partial charge in [-0.2, -0.15) is 0 Å². The first kappa shape index (κ1) is 13.8. The zero-order valence-corrected chi connectivity index (χ0v) is 12.6. The highest BCUT2D eigenvalue weighted by Crippen LogP contribution is 2.23. The van der Waals surface area contributed by atoms with Gasteiger partial charge in [0.15, 0.2) is 10.1 Å². The smallest absolute Gasteiger partial charge is 0.195 e. The largest absolute Gasteiger partial charge is 0.311 e. The summed E-state index contributed by atoms with van der Waals surface area (Å²) >= 11 is 7.80. The van der Waals surface area contributed by atoms with Gasteiger partial charge < -0.3 is 10.2 Å². The van der Waals surface area contributed by atoms with Crippen molar-refractivity contribution < 1.29 is 0 Å². The number of hydrogen-bond acceptors (Lipinski definition) is 4. The highest BCUT2D eigenvalue weighted by Gasteiger charge is 2.12. The summed E-state index contributed by atoms with van der Waals surface area (Å²) < 4.78 is 2.13. The normalized spacial score (nSPS) is 11.8. The van der Waals surface area contributed by atoms with Crippen LogP contribution < -0.4 is 5.32 Å². The van der Waals surface area contributed by atoms with E-state index in [0.717, 1.165) is 36.7 Å². The molecule has 0 saturated carbocycles. The van der Waals surface area contributed by atoms with E-state index < -0.39 is 0 Å². The van der Waals surface area contributed by atoms with Gasteiger partial charge in [0.2, 0.25) is 0 Å². The van der Waals surface area contributed by atoms with Gasteiger partial charge in [0.25, 0.3) is 0 Å². The van der Waals surface area contributed by atoms with Crippen LogP contribution in [0.15, 0.2) is 5.38 Å². The minimum absolute atomic E-state index is 0.616. The number of imidazole rings is 1. The van der Waals surface area contributed by atoms with Crippen LogP contribution in [0.2, 0.25) is 5.15 Å². The maximum atomic E-state index is 6.17. The van der Waals surface area contributed by atoms with Crippen molar-refractivity contribution in [3.05, 3.63) is 21.9 Å². The lowest BCUT2D eigenvalue weighted by Crippen LogP contribution is -2.21. The SMILES string of the molecule is Cc1csc2nc(Cl)c(CNCCCN(C)C)n12. The molecule has 100 valence electrons. The quantitative estimate of drug-likeness (QED) is 0.828. The fourth-order valence-electron chi connectivity index (χ4n) is 1.92. The van der Waals surface area contributed by atoms with Crippen molar-refractivity contribution in [3.63, 3.8) is 0 Å². The molecule has 2 rings (SSSR count). The zero-order valence-electron chi connectivity index (χ0n) is 11.0. The first-order valence-electron chi connectivity index (χ1n) is 6.06. The molecule has 1 N–H and O–H groups in total. The predicted molar refractivity (Wildman–Crippen MR) is 77.7 cm³/mol. The average Bonchev–Trinajstić information content (AvgIpc) is 2.79. The molecule has 0 saturated heterocycles. The van der Waals surface area contributed by atoms with E-state index in [1.165, 1.54) is 5.69 Å². The molecule has 6 heteroatoms. The van der Waals surface area contributed by atoms with Crippen molar-refractivity contribution in [1.82, 2.24) is 19.6 Å². The summed E-state index contributed by atoms with van der Waals surface area (Å²) in [5.41, 5.74) is 2.26. The minimum atomic E-state index is 0.616. The van der Waals surface area contributed by atoms with Gasteiger partial charge in [-0.25, -0.2) is 4.98 Å². The van der Waals surface area contributed by atoms with E-state index in [2.05, 4.69) is 46.0 Å². The molecule has 0 atom stereocenters. The van der Waals surface area contributed by atoms with Gasteiger partial charge >= 0.3 is 0 Å². The number of nitrogens with one attached hydrogen (secondary N) is 1. The van der Waals surface area contributed by atoms with Crippen LogP contribution in [0.1, 0.15) is 17.8 Å². The Labute approximate surface area is 117 Å². The molecular weight excluding hydrogens is 268 g/mol. The Hall–Kier alpha value is -0.620. The van der Waals surface area contributed by atoms with Crippen molar-refractivity contribution >= 4 is 27.9 Å². The van der Waals surface area contributed by atoms with E-state index in [1.54, 1.807) is 11.3 Å². The molecule has 0 aromatic carbocycles. The molecule has 4 nitrogen and oxygen atoms in total. The topological polar surface area (TPSA) is 32.6 Å². The summed E-state index contributed by atoms with van der Waals surface area (Å²) in [6, 6.07) is 0. The molecule has 0 aliphatic rings. The highest BCUT2D eigenvalue weighted by atomic mass is 35.5. The van der Waals surface area contributed by atoms with E-state index in [0.29, 0.717) is 5.15 Å². The lowest BCUT2D eigenvalue weighted by molar-refractivity contribution is 0.394. The maximum Gasteiger partial charge on any atom is 0.195 e. The summed E-state index contributed by atoms with van der Waals surface area (Å²) in [7, 11) is 4.18. The first-order chi connectivity index (χ1) is 8.59. The molecule has 2 aromatic heterocycles. The van der Waals surface area contributed by atoms with Crippen molar-refractivity contribution in [2.45, 2.75) is 19.9 Å². The third-order valence-corrected chi connectivity index (χ3v) is 4.08. The monoisotopic (exact) mass is 286 g/mol. The molecule has 0 unspecified atom stereocenters. The highest BCUT2D eigenvalue weighted by molar-refractivity contribution is 7.15. The number of rotatable bonds is 6. The third-order valence-electron chi connectivity index (χ3n) is 2.83. The molecule has 0 aliphatic carbocycles. The lowest BCUT2D eigenvalue weighted by atomic mass is 10.3. The van der Waals surface area contributed by atoms with Crippen LogP contribution in [-0.2, 0) is 6.54 Å². The average molecular weight is 287 g/mol. The van der Waals surface area contributed by atoms with Gasteiger partial charge in [-0.15, -0.1) is 11.3 Å². The molecule has 2 aromatic rings. The molecule has 2 heterocycles. The summed E-state index contributed by atoms with van der Waals surface area (Å²) in [5.74, 6) is 0. The Morgan fingerprint density at radius 2 is 2.28 bits per heavy atom. The van der Waals surface area contributed by atoms with Gasteiger partial charge in [-0.3, -0.25) is 4.40 Å². The molecule has 0 amide bonds. The van der Waals surface area contributed by atoms with E-state index in [9.17, 15) is 0 Å². The number of fused-ring (bicyclic) bond motifs is 1. The fourth-order valence-corrected chi connectivity index (χ4v) is 3.09. The first-order valence-corrected chi connectivity index (χ1v) is 7.31. The molecule has 18 heavy (non-hydrogen) atoms. The van der Waals surface area contributed by atoms with Crippen LogP contribution >= 0.6 is 22.9 Å². The molecule has 0 bridgehead atoms. The second-order valence-electron chi connectivity index (χ2n) is 4.68. The van der Waals surface area contributed by atoms with Crippen LogP contribution in [0, 0.1) is 6.92 Å². The van der Waals surface area contributed by atoms with Crippen molar-refractivity contribution in [1.29, 1.82) is 0 Å². The van der Waals surface area contributed by atoms with Crippen molar-refractivity contribution in [2.75, 3.05) is 27.2 Å². The third kappa shape index (κ3) is 3.03. The Morgan fingerprint density at radius 3 is 3.00 bits per heavy atom. The van der Waals surface area contributed by atoms with Crippen LogP contribution in [0.3, 0.4) is 0 Å². The number of aryl methyl sites for hydroxylation is 1. The second kappa shape index (κ2) is 6.02. The van der Waals surface area contributed by atoms with Gasteiger partial charge in [-0.05, 0) is 40.5 Å². The standard InChI is InChI=1S/C12H19ClN4S/c1-9-8-18-12-15-11(13)10(17(9)12)7-14-5-4-6-16(2)3/h8,14H,4-7H2,1-3H3. The minimum Gasteiger partial charge on any atom is -0.311 e. The molecule has 0 aliphatic heterocycles. The van der Waals surface area contributed by atoms with E-state index >= 15 is 0 Å².